The molecule has 2 N–H and O–H groups in total. The van der Waals surface area contributed by atoms with Crippen molar-refractivity contribution in [3.05, 3.63) is 46.7 Å². The van der Waals surface area contributed by atoms with Gasteiger partial charge in [0.1, 0.15) is 0 Å². The Kier molecular flexibility index (Phi) is 2.86. The zero-order chi connectivity index (χ0) is 9.80. The van der Waals surface area contributed by atoms with E-state index in [0.717, 1.165) is 17.7 Å². The molecule has 3 nitrogen and oxygen atoms in total. The lowest BCUT2D eigenvalue weighted by Crippen LogP contribution is -2.13. The van der Waals surface area contributed by atoms with Gasteiger partial charge in [0, 0.05) is 17.8 Å². The summed E-state index contributed by atoms with van der Waals surface area (Å²) in [5.41, 5.74) is 9.90. The number of nitrogens with two attached hydrogens (primary N) is 1. The van der Waals surface area contributed by atoms with Crippen LogP contribution in [0.2, 0.25) is 0 Å². The summed E-state index contributed by atoms with van der Waals surface area (Å²) in [6.45, 7) is 0. The van der Waals surface area contributed by atoms with Crippen LogP contribution in [0.15, 0.2) is 35.4 Å². The van der Waals surface area contributed by atoms with E-state index in [1.165, 1.54) is 0 Å². The molecule has 1 unspecified atom stereocenters. The van der Waals surface area contributed by atoms with Crippen LogP contribution < -0.4 is 5.73 Å². The largest absolute Gasteiger partial charge is 0.322 e. The average Bonchev–Trinajstić information content (AvgIpc) is 2.72. The zero-order valence-corrected chi connectivity index (χ0v) is 8.45. The van der Waals surface area contributed by atoms with E-state index in [-0.39, 0.29) is 6.04 Å². The fourth-order valence-electron chi connectivity index (χ4n) is 1.28. The number of hydrogen-bond acceptors (Lipinski definition) is 4. The first-order chi connectivity index (χ1) is 6.86. The quantitative estimate of drug-likeness (QED) is 0.831. The van der Waals surface area contributed by atoms with Gasteiger partial charge in [0.2, 0.25) is 0 Å². The van der Waals surface area contributed by atoms with Crippen molar-refractivity contribution in [2.45, 2.75) is 12.5 Å². The van der Waals surface area contributed by atoms with Crippen molar-refractivity contribution in [3.63, 3.8) is 0 Å². The minimum absolute atomic E-state index is 0.0227. The van der Waals surface area contributed by atoms with E-state index in [4.69, 9.17) is 5.73 Å². The lowest BCUT2D eigenvalue weighted by molar-refractivity contribution is 0.700. The normalized spacial score (nSPS) is 12.6. The molecule has 0 saturated carbocycles. The van der Waals surface area contributed by atoms with Gasteiger partial charge in [0.25, 0.3) is 0 Å². The molecule has 0 saturated heterocycles. The summed E-state index contributed by atoms with van der Waals surface area (Å²) in [5.74, 6) is 0. The molecule has 1 atom stereocenters. The van der Waals surface area contributed by atoms with Crippen LogP contribution in [0.1, 0.15) is 17.3 Å². The molecule has 2 rings (SSSR count). The highest BCUT2D eigenvalue weighted by Crippen LogP contribution is 2.14. The lowest BCUT2D eigenvalue weighted by atomic mass is 10.1. The standard InChI is InChI=1S/C10H11N3S/c11-9(10-6-14-7-13-10)4-8-2-1-3-12-5-8/h1-3,5-7,9H,4,11H2. The number of pyridine rings is 1. The van der Waals surface area contributed by atoms with Gasteiger partial charge >= 0.3 is 0 Å². The Morgan fingerprint density at radius 1 is 1.50 bits per heavy atom. The lowest BCUT2D eigenvalue weighted by Gasteiger charge is -2.07. The molecule has 2 aromatic heterocycles. The van der Waals surface area contributed by atoms with Crippen molar-refractivity contribution >= 4 is 11.3 Å². The number of hydrogen-bond donors (Lipinski definition) is 1. The van der Waals surface area contributed by atoms with E-state index in [0.29, 0.717) is 0 Å². The van der Waals surface area contributed by atoms with Gasteiger partial charge in [0.15, 0.2) is 0 Å². The summed E-state index contributed by atoms with van der Waals surface area (Å²) in [5, 5.41) is 1.99. The highest BCUT2D eigenvalue weighted by molar-refractivity contribution is 7.07. The number of nitrogens with zero attached hydrogens (tertiary/aromatic N) is 2. The highest BCUT2D eigenvalue weighted by Gasteiger charge is 2.08. The molecule has 0 radical (unpaired) electrons. The van der Waals surface area contributed by atoms with E-state index >= 15 is 0 Å². The van der Waals surface area contributed by atoms with Crippen LogP contribution in [-0.4, -0.2) is 9.97 Å². The van der Waals surface area contributed by atoms with Crippen LogP contribution in [-0.2, 0) is 6.42 Å². The molecule has 2 aromatic rings. The molecular formula is C10H11N3S. The molecule has 72 valence electrons. The molecule has 0 bridgehead atoms. The predicted molar refractivity (Wildman–Crippen MR) is 57.0 cm³/mol. The van der Waals surface area contributed by atoms with Crippen LogP contribution in [0.5, 0.6) is 0 Å². The van der Waals surface area contributed by atoms with E-state index in [9.17, 15) is 0 Å². The van der Waals surface area contributed by atoms with Crippen molar-refractivity contribution in [3.8, 4) is 0 Å². The van der Waals surface area contributed by atoms with Gasteiger partial charge in [-0.25, -0.2) is 4.98 Å². The van der Waals surface area contributed by atoms with Crippen LogP contribution in [0.3, 0.4) is 0 Å². The first-order valence-corrected chi connectivity index (χ1v) is 5.33. The molecule has 0 aliphatic heterocycles. The van der Waals surface area contributed by atoms with Crippen molar-refractivity contribution in [2.75, 3.05) is 0 Å². The van der Waals surface area contributed by atoms with Crippen LogP contribution in [0.25, 0.3) is 0 Å². The van der Waals surface area contributed by atoms with E-state index in [1.807, 2.05) is 23.7 Å². The smallest absolute Gasteiger partial charge is 0.0795 e. The molecule has 0 spiro atoms. The molecule has 4 heteroatoms. The van der Waals surface area contributed by atoms with Crippen LogP contribution in [0, 0.1) is 0 Å². The Labute approximate surface area is 86.6 Å². The monoisotopic (exact) mass is 205 g/mol. The summed E-state index contributed by atoms with van der Waals surface area (Å²) in [6, 6.07) is 3.92. The summed E-state index contributed by atoms with van der Waals surface area (Å²) >= 11 is 1.57. The Hall–Kier alpha value is -1.26. The topological polar surface area (TPSA) is 51.8 Å². The van der Waals surface area contributed by atoms with Crippen molar-refractivity contribution in [1.29, 1.82) is 0 Å². The molecule has 2 heterocycles. The fourth-order valence-corrected chi connectivity index (χ4v) is 1.90. The Balaban J connectivity index is 2.06. The van der Waals surface area contributed by atoms with Crippen molar-refractivity contribution in [2.24, 2.45) is 5.73 Å². The minimum Gasteiger partial charge on any atom is -0.322 e. The molecule has 0 aliphatic carbocycles. The second kappa shape index (κ2) is 4.30. The van der Waals surface area contributed by atoms with Crippen molar-refractivity contribution < 1.29 is 0 Å². The Morgan fingerprint density at radius 3 is 3.07 bits per heavy atom. The Bertz CT molecular complexity index is 372. The third kappa shape index (κ3) is 2.16. The average molecular weight is 205 g/mol. The SMILES string of the molecule is NC(Cc1cccnc1)c1cscn1. The minimum atomic E-state index is -0.0227. The maximum Gasteiger partial charge on any atom is 0.0795 e. The fraction of sp³-hybridized carbons (Fsp3) is 0.200. The van der Waals surface area contributed by atoms with Gasteiger partial charge in [-0.2, -0.15) is 0 Å². The summed E-state index contributed by atoms with van der Waals surface area (Å²) in [7, 11) is 0. The van der Waals surface area contributed by atoms with Crippen LogP contribution in [0.4, 0.5) is 0 Å². The first-order valence-electron chi connectivity index (χ1n) is 4.39. The maximum absolute atomic E-state index is 5.99. The van der Waals surface area contributed by atoms with Gasteiger partial charge in [-0.1, -0.05) is 6.07 Å². The summed E-state index contributed by atoms with van der Waals surface area (Å²) in [4.78, 5) is 8.23. The van der Waals surface area contributed by atoms with Gasteiger partial charge in [-0.05, 0) is 18.1 Å². The summed E-state index contributed by atoms with van der Waals surface area (Å²) in [6.07, 6.45) is 4.39. The van der Waals surface area contributed by atoms with Gasteiger partial charge in [0.05, 0.1) is 17.2 Å². The predicted octanol–water partition coefficient (Wildman–Crippen LogP) is 1.78. The van der Waals surface area contributed by atoms with Crippen molar-refractivity contribution in [1.82, 2.24) is 9.97 Å². The summed E-state index contributed by atoms with van der Waals surface area (Å²) < 4.78 is 0. The maximum atomic E-state index is 5.99. The third-order valence-electron chi connectivity index (χ3n) is 2.01. The zero-order valence-electron chi connectivity index (χ0n) is 7.63. The molecule has 14 heavy (non-hydrogen) atoms. The van der Waals surface area contributed by atoms with Crippen LogP contribution >= 0.6 is 11.3 Å². The molecule has 0 fully saturated rings. The number of aromatic nitrogens is 2. The number of thiazole rings is 1. The second-order valence-corrected chi connectivity index (χ2v) is 3.80. The van der Waals surface area contributed by atoms with E-state index in [2.05, 4.69) is 9.97 Å². The van der Waals surface area contributed by atoms with E-state index in [1.54, 1.807) is 23.0 Å². The van der Waals surface area contributed by atoms with Gasteiger partial charge in [-0.15, -0.1) is 11.3 Å². The highest BCUT2D eigenvalue weighted by atomic mass is 32.1. The first kappa shape index (κ1) is 9.30. The molecule has 0 aliphatic rings. The van der Waals surface area contributed by atoms with Gasteiger partial charge in [-0.3, -0.25) is 4.98 Å². The Morgan fingerprint density at radius 2 is 2.43 bits per heavy atom. The third-order valence-corrected chi connectivity index (χ3v) is 2.61. The number of rotatable bonds is 3. The van der Waals surface area contributed by atoms with Gasteiger partial charge < -0.3 is 5.73 Å². The second-order valence-electron chi connectivity index (χ2n) is 3.09. The molecule has 0 aromatic carbocycles. The molecular weight excluding hydrogens is 194 g/mol. The molecule has 0 amide bonds. The van der Waals surface area contributed by atoms with E-state index < -0.39 is 0 Å².